The fourth-order valence-electron chi connectivity index (χ4n) is 2.51. The molecule has 0 heterocycles. The maximum atomic E-state index is 12.5. The second-order valence-electron chi connectivity index (χ2n) is 6.90. The number of hydrogen-bond acceptors (Lipinski definition) is 12. The zero-order chi connectivity index (χ0) is 25.3. The molecule has 33 heavy (non-hydrogen) atoms. The molecule has 0 saturated carbocycles. The predicted molar refractivity (Wildman–Crippen MR) is 120 cm³/mol. The average molecular weight is 485 g/mol. The van der Waals surface area contributed by atoms with Gasteiger partial charge in [-0.1, -0.05) is 0 Å². The number of nitrogens with one attached hydrogen (secondary N) is 2. The lowest BCUT2D eigenvalue weighted by Gasteiger charge is -2.09. The summed E-state index contributed by atoms with van der Waals surface area (Å²) in [5, 5.41) is 23.9. The third-order valence-electron chi connectivity index (χ3n) is 4.45. The number of rotatable bonds is 16. The Morgan fingerprint density at radius 3 is 1.52 bits per heavy atom. The van der Waals surface area contributed by atoms with Gasteiger partial charge < -0.3 is 31.6 Å². The Bertz CT molecular complexity index is 822. The standard InChI is InChI=1S/C20H32N6O6S/c1-31-19(27)17(23)7-3-5-9-25-13-15(11-21)33(29,30)16(12-22)14-26-10-6-4-8-18(24)20(28)32-2/h13-14,17-18,25-26H,3-10,23-24H2,1-2H3/b15-13+,16-14+. The second kappa shape index (κ2) is 16.5. The first-order chi connectivity index (χ1) is 15.6. The van der Waals surface area contributed by atoms with Gasteiger partial charge in [0, 0.05) is 25.5 Å². The average Bonchev–Trinajstić information content (AvgIpc) is 2.81. The van der Waals surface area contributed by atoms with Crippen molar-refractivity contribution in [3.8, 4) is 12.1 Å². The van der Waals surface area contributed by atoms with Crippen LogP contribution in [0.1, 0.15) is 38.5 Å². The largest absolute Gasteiger partial charge is 0.468 e. The fraction of sp³-hybridized carbons (Fsp3) is 0.600. The smallest absolute Gasteiger partial charge is 0.322 e. The van der Waals surface area contributed by atoms with Crippen LogP contribution in [0, 0.1) is 22.7 Å². The highest BCUT2D eigenvalue weighted by Crippen LogP contribution is 2.15. The van der Waals surface area contributed by atoms with E-state index in [-0.39, 0.29) is 0 Å². The Morgan fingerprint density at radius 1 is 0.848 bits per heavy atom. The third kappa shape index (κ3) is 11.3. The number of nitriles is 2. The summed E-state index contributed by atoms with van der Waals surface area (Å²) in [7, 11) is -1.79. The van der Waals surface area contributed by atoms with Crippen LogP contribution in [0.4, 0.5) is 0 Å². The van der Waals surface area contributed by atoms with Crippen molar-refractivity contribution in [1.29, 1.82) is 10.5 Å². The first-order valence-electron chi connectivity index (χ1n) is 10.2. The fourth-order valence-corrected chi connectivity index (χ4v) is 3.46. The highest BCUT2D eigenvalue weighted by Gasteiger charge is 2.24. The van der Waals surface area contributed by atoms with E-state index in [0.717, 1.165) is 12.4 Å². The van der Waals surface area contributed by atoms with Gasteiger partial charge in [-0.25, -0.2) is 8.42 Å². The maximum absolute atomic E-state index is 12.5. The number of methoxy groups -OCH3 is 2. The molecule has 0 fully saturated rings. The molecular formula is C20H32N6O6S. The van der Waals surface area contributed by atoms with Crippen molar-refractivity contribution in [3.05, 3.63) is 22.2 Å². The van der Waals surface area contributed by atoms with Gasteiger partial charge in [-0.05, 0) is 38.5 Å². The number of hydrogen-bond donors (Lipinski definition) is 4. The van der Waals surface area contributed by atoms with E-state index in [1.165, 1.54) is 14.2 Å². The topological polar surface area (TPSA) is 210 Å². The number of allylic oxidation sites excluding steroid dienone is 2. The Morgan fingerprint density at radius 2 is 1.21 bits per heavy atom. The molecule has 0 aromatic heterocycles. The molecule has 2 unspecified atom stereocenters. The molecule has 0 amide bonds. The summed E-state index contributed by atoms with van der Waals surface area (Å²) in [6, 6.07) is 1.72. The first kappa shape index (κ1) is 29.9. The molecule has 0 aromatic carbocycles. The molecule has 0 spiro atoms. The molecule has 0 aliphatic rings. The summed E-state index contributed by atoms with van der Waals surface area (Å²) in [6.45, 7) is 0.679. The van der Waals surface area contributed by atoms with E-state index in [0.29, 0.717) is 51.6 Å². The Hall–Kier alpha value is -3.13. The van der Waals surface area contributed by atoms with Crippen LogP contribution in [-0.4, -0.2) is 59.7 Å². The second-order valence-corrected chi connectivity index (χ2v) is 8.79. The molecule has 0 aliphatic heterocycles. The molecule has 0 aliphatic carbocycles. The highest BCUT2D eigenvalue weighted by molar-refractivity contribution is 7.99. The Kier molecular flexibility index (Phi) is 14.9. The SMILES string of the molecule is COC(=O)C(N)CCCCN/C=C(\C#N)S(=O)(=O)/C(C#N)=C/NCCCCC(N)C(=O)OC. The van der Waals surface area contributed by atoms with Gasteiger partial charge in [0.2, 0.25) is 9.84 Å². The molecule has 6 N–H and O–H groups in total. The van der Waals surface area contributed by atoms with Crippen molar-refractivity contribution < 1.29 is 27.5 Å². The summed E-state index contributed by atoms with van der Waals surface area (Å²) in [5.74, 6) is -1.01. The van der Waals surface area contributed by atoms with E-state index in [1.807, 2.05) is 0 Å². The molecule has 0 aromatic rings. The number of unbranched alkanes of at least 4 members (excludes halogenated alkanes) is 2. The minimum Gasteiger partial charge on any atom is -0.468 e. The van der Waals surface area contributed by atoms with Gasteiger partial charge in [0.05, 0.1) is 14.2 Å². The molecule has 0 radical (unpaired) electrons. The van der Waals surface area contributed by atoms with Crippen LogP contribution < -0.4 is 22.1 Å². The quantitative estimate of drug-likeness (QED) is 0.126. The number of nitrogens with zero attached hydrogens (tertiary/aromatic N) is 2. The maximum Gasteiger partial charge on any atom is 0.322 e. The molecule has 13 heteroatoms. The van der Waals surface area contributed by atoms with Gasteiger partial charge in [0.1, 0.15) is 24.2 Å². The van der Waals surface area contributed by atoms with Crippen LogP contribution in [0.25, 0.3) is 0 Å². The van der Waals surface area contributed by atoms with Crippen LogP contribution in [0.3, 0.4) is 0 Å². The van der Waals surface area contributed by atoms with E-state index in [4.69, 9.17) is 11.5 Å². The van der Waals surface area contributed by atoms with Gasteiger partial charge in [0.15, 0.2) is 9.81 Å². The molecule has 12 nitrogen and oxygen atoms in total. The summed E-state index contributed by atoms with van der Waals surface area (Å²) < 4.78 is 34.1. The van der Waals surface area contributed by atoms with Gasteiger partial charge in [-0.15, -0.1) is 0 Å². The van der Waals surface area contributed by atoms with Crippen LogP contribution in [-0.2, 0) is 28.9 Å². The lowest BCUT2D eigenvalue weighted by Crippen LogP contribution is -2.31. The predicted octanol–water partition coefficient (Wildman–Crippen LogP) is -0.348. The molecule has 0 saturated heterocycles. The van der Waals surface area contributed by atoms with Crippen LogP contribution in [0.2, 0.25) is 0 Å². The molecular weight excluding hydrogens is 452 g/mol. The number of nitrogens with two attached hydrogens (primary N) is 2. The van der Waals surface area contributed by atoms with Crippen molar-refractivity contribution in [2.24, 2.45) is 11.5 Å². The number of esters is 2. The van der Waals surface area contributed by atoms with E-state index in [9.17, 15) is 28.5 Å². The lowest BCUT2D eigenvalue weighted by atomic mass is 10.1. The number of ether oxygens (including phenoxy) is 2. The number of carbonyl (C=O) groups is 2. The zero-order valence-corrected chi connectivity index (χ0v) is 19.7. The zero-order valence-electron chi connectivity index (χ0n) is 18.9. The van der Waals surface area contributed by atoms with Crippen molar-refractivity contribution >= 4 is 21.8 Å². The van der Waals surface area contributed by atoms with E-state index < -0.39 is 43.7 Å². The highest BCUT2D eigenvalue weighted by atomic mass is 32.2. The van der Waals surface area contributed by atoms with E-state index in [1.54, 1.807) is 12.1 Å². The van der Waals surface area contributed by atoms with Crippen LogP contribution >= 0.6 is 0 Å². The van der Waals surface area contributed by atoms with E-state index in [2.05, 4.69) is 20.1 Å². The molecule has 0 bridgehead atoms. The minimum atomic E-state index is -4.29. The Labute approximate surface area is 194 Å². The lowest BCUT2D eigenvalue weighted by molar-refractivity contribution is -0.143. The summed E-state index contributed by atoms with van der Waals surface area (Å²) >= 11 is 0. The van der Waals surface area contributed by atoms with Gasteiger partial charge in [-0.2, -0.15) is 10.5 Å². The summed E-state index contributed by atoms with van der Waals surface area (Å²) in [6.07, 6.45) is 5.20. The minimum absolute atomic E-state index is 0.339. The summed E-state index contributed by atoms with van der Waals surface area (Å²) in [5.41, 5.74) is 11.2. The van der Waals surface area contributed by atoms with Gasteiger partial charge in [0.25, 0.3) is 0 Å². The van der Waals surface area contributed by atoms with Crippen molar-refractivity contribution in [2.75, 3.05) is 27.3 Å². The Balaban J connectivity index is 4.65. The molecule has 0 rings (SSSR count). The monoisotopic (exact) mass is 484 g/mol. The van der Waals surface area contributed by atoms with Crippen molar-refractivity contribution in [2.45, 2.75) is 50.6 Å². The first-order valence-corrected chi connectivity index (χ1v) is 11.7. The third-order valence-corrected chi connectivity index (χ3v) is 6.02. The number of sulfone groups is 1. The van der Waals surface area contributed by atoms with Gasteiger partial charge >= 0.3 is 11.9 Å². The van der Waals surface area contributed by atoms with Gasteiger partial charge in [-0.3, -0.25) is 9.59 Å². The summed E-state index contributed by atoms with van der Waals surface area (Å²) in [4.78, 5) is 21.2. The van der Waals surface area contributed by atoms with Crippen molar-refractivity contribution in [1.82, 2.24) is 10.6 Å². The normalized spacial score (nSPS) is 13.8. The molecule has 2 atom stereocenters. The van der Waals surface area contributed by atoms with Crippen molar-refractivity contribution in [3.63, 3.8) is 0 Å². The van der Waals surface area contributed by atoms with Crippen LogP contribution in [0.5, 0.6) is 0 Å². The number of carbonyl (C=O) groups excluding carboxylic acids is 2. The van der Waals surface area contributed by atoms with Crippen LogP contribution in [0.15, 0.2) is 22.2 Å². The van der Waals surface area contributed by atoms with E-state index >= 15 is 0 Å². The molecule has 184 valence electrons.